The lowest BCUT2D eigenvalue weighted by atomic mass is 9.93. The van der Waals surface area contributed by atoms with Crippen molar-refractivity contribution in [1.29, 1.82) is 0 Å². The summed E-state index contributed by atoms with van der Waals surface area (Å²) in [6, 6.07) is 1.46. The molecule has 0 bridgehead atoms. The maximum absolute atomic E-state index is 12.2. The predicted octanol–water partition coefficient (Wildman–Crippen LogP) is 2.80. The summed E-state index contributed by atoms with van der Waals surface area (Å²) in [5.41, 5.74) is 1.32. The van der Waals surface area contributed by atoms with Crippen LogP contribution >= 0.6 is 22.7 Å². The van der Waals surface area contributed by atoms with E-state index in [4.69, 9.17) is 5.11 Å². The average Bonchev–Trinajstić information content (AvgIpc) is 2.95. The molecule has 110 valence electrons. The SMILES string of the molecule is CC(C)(C)c1csc(NS(=O)(=O)c2cc(CO)cs2)n1. The fraction of sp³-hybridized carbons (Fsp3) is 0.417. The van der Waals surface area contributed by atoms with Crippen molar-refractivity contribution in [2.24, 2.45) is 0 Å². The molecule has 2 rings (SSSR count). The van der Waals surface area contributed by atoms with Crippen LogP contribution in [0.2, 0.25) is 0 Å². The lowest BCUT2D eigenvalue weighted by molar-refractivity contribution is 0.282. The zero-order chi connectivity index (χ0) is 15.0. The van der Waals surface area contributed by atoms with E-state index in [1.54, 1.807) is 5.38 Å². The van der Waals surface area contributed by atoms with Gasteiger partial charge in [0.2, 0.25) is 0 Å². The van der Waals surface area contributed by atoms with Gasteiger partial charge in [0.05, 0.1) is 12.3 Å². The Hall–Kier alpha value is -0.960. The van der Waals surface area contributed by atoms with Crippen molar-refractivity contribution >= 4 is 37.8 Å². The Morgan fingerprint density at radius 3 is 2.50 bits per heavy atom. The fourth-order valence-electron chi connectivity index (χ4n) is 1.41. The van der Waals surface area contributed by atoms with Crippen molar-refractivity contribution in [3.8, 4) is 0 Å². The molecule has 5 nitrogen and oxygen atoms in total. The number of hydrogen-bond donors (Lipinski definition) is 2. The first-order chi connectivity index (χ1) is 9.22. The van der Waals surface area contributed by atoms with Gasteiger partial charge in [0.1, 0.15) is 4.21 Å². The third kappa shape index (κ3) is 3.38. The average molecular weight is 332 g/mol. The first-order valence-electron chi connectivity index (χ1n) is 5.89. The number of rotatable bonds is 4. The molecule has 0 atom stereocenters. The van der Waals surface area contributed by atoms with E-state index in [-0.39, 0.29) is 16.2 Å². The lowest BCUT2D eigenvalue weighted by Gasteiger charge is -2.14. The first-order valence-corrected chi connectivity index (χ1v) is 9.14. The molecule has 0 unspecified atom stereocenters. The summed E-state index contributed by atoms with van der Waals surface area (Å²) in [5.74, 6) is 0. The molecule has 0 aromatic carbocycles. The molecule has 0 aliphatic carbocycles. The van der Waals surface area contributed by atoms with Gasteiger partial charge in [-0.1, -0.05) is 20.8 Å². The topological polar surface area (TPSA) is 79.3 Å². The number of thiazole rings is 1. The molecule has 2 N–H and O–H groups in total. The zero-order valence-corrected chi connectivity index (χ0v) is 13.8. The van der Waals surface area contributed by atoms with Crippen LogP contribution in [-0.4, -0.2) is 18.5 Å². The predicted molar refractivity (Wildman–Crippen MR) is 81.9 cm³/mol. The smallest absolute Gasteiger partial charge is 0.273 e. The summed E-state index contributed by atoms with van der Waals surface area (Å²) in [6.45, 7) is 5.89. The standard InChI is InChI=1S/C12H16N2O3S3/c1-12(2,3)9-7-19-11(13-9)14-20(16,17)10-4-8(5-15)6-18-10/h4,6-7,15H,5H2,1-3H3,(H,13,14). The highest BCUT2D eigenvalue weighted by Crippen LogP contribution is 2.29. The molecule has 0 fully saturated rings. The van der Waals surface area contributed by atoms with Crippen LogP contribution in [0.15, 0.2) is 21.0 Å². The van der Waals surface area contributed by atoms with Crippen LogP contribution in [0, 0.1) is 0 Å². The highest BCUT2D eigenvalue weighted by molar-refractivity contribution is 7.94. The number of nitrogens with one attached hydrogen (secondary N) is 1. The number of aliphatic hydroxyl groups is 1. The molecule has 0 aliphatic heterocycles. The van der Waals surface area contributed by atoms with Crippen LogP contribution in [0.25, 0.3) is 0 Å². The molecule has 0 aliphatic rings. The molecule has 2 heterocycles. The largest absolute Gasteiger partial charge is 0.392 e. The third-order valence-corrected chi connectivity index (χ3v) is 6.29. The Morgan fingerprint density at radius 1 is 1.30 bits per heavy atom. The summed E-state index contributed by atoms with van der Waals surface area (Å²) in [5, 5.41) is 12.8. The van der Waals surface area contributed by atoms with Gasteiger partial charge < -0.3 is 5.11 Å². The second kappa shape index (κ2) is 5.44. The summed E-state index contributed by atoms with van der Waals surface area (Å²) in [7, 11) is -3.63. The fourth-order valence-corrected chi connectivity index (χ4v) is 4.80. The van der Waals surface area contributed by atoms with Crippen molar-refractivity contribution in [3.63, 3.8) is 0 Å². The van der Waals surface area contributed by atoms with E-state index in [1.165, 1.54) is 17.4 Å². The van der Waals surface area contributed by atoms with Crippen molar-refractivity contribution in [3.05, 3.63) is 28.1 Å². The minimum atomic E-state index is -3.63. The number of anilines is 1. The van der Waals surface area contributed by atoms with Crippen LogP contribution in [0.3, 0.4) is 0 Å². The van der Waals surface area contributed by atoms with Gasteiger partial charge in [0.15, 0.2) is 5.13 Å². The molecule has 2 aromatic rings. The van der Waals surface area contributed by atoms with Crippen molar-refractivity contribution in [2.45, 2.75) is 37.0 Å². The summed E-state index contributed by atoms with van der Waals surface area (Å²) in [6.07, 6.45) is 0. The molecular formula is C12H16N2O3S3. The van der Waals surface area contributed by atoms with E-state index in [9.17, 15) is 8.42 Å². The summed E-state index contributed by atoms with van der Waals surface area (Å²) in [4.78, 5) is 4.30. The Balaban J connectivity index is 2.22. The first kappa shape index (κ1) is 15.4. The highest BCUT2D eigenvalue weighted by Gasteiger charge is 2.21. The molecule has 0 amide bonds. The quantitative estimate of drug-likeness (QED) is 0.902. The van der Waals surface area contributed by atoms with Crippen LogP contribution in [0.5, 0.6) is 0 Å². The van der Waals surface area contributed by atoms with Gasteiger partial charge in [-0.2, -0.15) is 0 Å². The summed E-state index contributed by atoms with van der Waals surface area (Å²) < 4.78 is 27.0. The zero-order valence-electron chi connectivity index (χ0n) is 11.4. The third-order valence-electron chi connectivity index (χ3n) is 2.57. The Labute approximate surface area is 126 Å². The molecule has 0 spiro atoms. The number of aromatic nitrogens is 1. The molecule has 0 radical (unpaired) electrons. The number of sulfonamides is 1. The van der Waals surface area contributed by atoms with Gasteiger partial charge in [-0.15, -0.1) is 22.7 Å². The Morgan fingerprint density at radius 2 is 2.00 bits per heavy atom. The van der Waals surface area contributed by atoms with Crippen LogP contribution < -0.4 is 4.72 Å². The molecule has 0 saturated heterocycles. The minimum Gasteiger partial charge on any atom is -0.392 e. The van der Waals surface area contributed by atoms with Crippen LogP contribution in [0.1, 0.15) is 32.0 Å². The van der Waals surface area contributed by atoms with Crippen molar-refractivity contribution in [1.82, 2.24) is 4.98 Å². The molecule has 8 heteroatoms. The molecule has 20 heavy (non-hydrogen) atoms. The van der Waals surface area contributed by atoms with Crippen LogP contribution in [0.4, 0.5) is 5.13 Å². The van der Waals surface area contributed by atoms with Gasteiger partial charge >= 0.3 is 0 Å². The number of thiophene rings is 1. The van der Waals surface area contributed by atoms with Crippen molar-refractivity contribution < 1.29 is 13.5 Å². The van der Waals surface area contributed by atoms with Gasteiger partial charge in [-0.25, -0.2) is 13.4 Å². The van der Waals surface area contributed by atoms with E-state index >= 15 is 0 Å². The van der Waals surface area contributed by atoms with E-state index in [0.717, 1.165) is 17.0 Å². The van der Waals surface area contributed by atoms with Crippen molar-refractivity contribution in [2.75, 3.05) is 4.72 Å². The van der Waals surface area contributed by atoms with Crippen LogP contribution in [-0.2, 0) is 22.0 Å². The van der Waals surface area contributed by atoms with E-state index in [2.05, 4.69) is 9.71 Å². The second-order valence-electron chi connectivity index (χ2n) is 5.33. The van der Waals surface area contributed by atoms with Gasteiger partial charge in [-0.05, 0) is 17.0 Å². The second-order valence-corrected chi connectivity index (χ2v) is 9.00. The Kier molecular flexibility index (Phi) is 4.19. The molecular weight excluding hydrogens is 316 g/mol. The lowest BCUT2D eigenvalue weighted by Crippen LogP contribution is -2.14. The molecule has 2 aromatic heterocycles. The number of nitrogens with zero attached hydrogens (tertiary/aromatic N) is 1. The maximum Gasteiger partial charge on any atom is 0.273 e. The van der Waals surface area contributed by atoms with Gasteiger partial charge in [0.25, 0.3) is 10.0 Å². The van der Waals surface area contributed by atoms with E-state index in [0.29, 0.717) is 10.7 Å². The number of aliphatic hydroxyl groups excluding tert-OH is 1. The maximum atomic E-state index is 12.2. The Bertz CT molecular complexity index is 696. The van der Waals surface area contributed by atoms with Gasteiger partial charge in [-0.3, -0.25) is 4.72 Å². The highest BCUT2D eigenvalue weighted by atomic mass is 32.2. The monoisotopic (exact) mass is 332 g/mol. The molecule has 0 saturated carbocycles. The minimum absolute atomic E-state index is 0.118. The van der Waals surface area contributed by atoms with E-state index < -0.39 is 10.0 Å². The summed E-state index contributed by atoms with van der Waals surface area (Å²) >= 11 is 2.34. The normalized spacial score (nSPS) is 12.6. The van der Waals surface area contributed by atoms with Gasteiger partial charge in [0, 0.05) is 10.8 Å². The number of hydrogen-bond acceptors (Lipinski definition) is 6. The van der Waals surface area contributed by atoms with E-state index in [1.807, 2.05) is 26.2 Å².